The third-order valence-corrected chi connectivity index (χ3v) is 4.08. The first-order chi connectivity index (χ1) is 9.49. The van der Waals surface area contributed by atoms with Crippen LogP contribution in [0, 0.1) is 20.8 Å². The number of amides is 1. The summed E-state index contributed by atoms with van der Waals surface area (Å²) in [5.74, 6) is 0.948. The highest BCUT2D eigenvalue weighted by atomic mass is 16.5. The van der Waals surface area contributed by atoms with E-state index < -0.39 is 6.10 Å². The van der Waals surface area contributed by atoms with Crippen LogP contribution in [0.25, 0.3) is 0 Å². The van der Waals surface area contributed by atoms with Crippen LogP contribution in [0.2, 0.25) is 0 Å². The van der Waals surface area contributed by atoms with Crippen LogP contribution < -0.4 is 4.74 Å². The Hall–Kier alpha value is -1.51. The fourth-order valence-electron chi connectivity index (χ4n) is 2.74. The van der Waals surface area contributed by atoms with Crippen molar-refractivity contribution in [1.29, 1.82) is 0 Å². The van der Waals surface area contributed by atoms with E-state index in [4.69, 9.17) is 4.74 Å². The summed E-state index contributed by atoms with van der Waals surface area (Å²) in [5, 5.41) is 0. The Morgan fingerprint density at radius 2 is 1.80 bits per heavy atom. The fourth-order valence-corrected chi connectivity index (χ4v) is 2.74. The quantitative estimate of drug-likeness (QED) is 0.846. The van der Waals surface area contributed by atoms with Gasteiger partial charge in [0.25, 0.3) is 5.91 Å². The van der Waals surface area contributed by atoms with E-state index in [0.29, 0.717) is 0 Å². The molecule has 1 amide bonds. The minimum absolute atomic E-state index is 0.114. The number of hydrogen-bond donors (Lipinski definition) is 0. The second kappa shape index (κ2) is 6.29. The molecule has 20 heavy (non-hydrogen) atoms. The molecule has 1 aliphatic rings. The summed E-state index contributed by atoms with van der Waals surface area (Å²) in [6.07, 6.45) is 3.05. The maximum absolute atomic E-state index is 12.4. The minimum atomic E-state index is -0.409. The minimum Gasteiger partial charge on any atom is -0.481 e. The number of carbonyl (C=O) groups excluding carboxylic acids is 1. The van der Waals surface area contributed by atoms with Crippen molar-refractivity contribution < 1.29 is 9.53 Å². The first-order valence-corrected chi connectivity index (χ1v) is 7.52. The van der Waals surface area contributed by atoms with Gasteiger partial charge in [0.15, 0.2) is 6.10 Å². The van der Waals surface area contributed by atoms with Gasteiger partial charge in [-0.15, -0.1) is 0 Å². The van der Waals surface area contributed by atoms with Crippen LogP contribution in [-0.4, -0.2) is 30.0 Å². The lowest BCUT2D eigenvalue weighted by Crippen LogP contribution is -2.43. The maximum atomic E-state index is 12.4. The van der Waals surface area contributed by atoms with Crippen LogP contribution in [-0.2, 0) is 4.79 Å². The van der Waals surface area contributed by atoms with Gasteiger partial charge in [0.2, 0.25) is 0 Å². The molecule has 1 atom stereocenters. The third-order valence-electron chi connectivity index (χ3n) is 4.08. The monoisotopic (exact) mass is 275 g/mol. The molecule has 0 N–H and O–H groups in total. The molecule has 3 heteroatoms. The van der Waals surface area contributed by atoms with Crippen molar-refractivity contribution in [1.82, 2.24) is 4.90 Å². The molecular formula is C17H25NO2. The number of carbonyl (C=O) groups is 1. The first kappa shape index (κ1) is 14.9. The van der Waals surface area contributed by atoms with Crippen LogP contribution in [0.4, 0.5) is 0 Å². The van der Waals surface area contributed by atoms with E-state index in [-0.39, 0.29) is 5.91 Å². The molecule has 1 aromatic rings. The molecule has 1 aliphatic heterocycles. The predicted molar refractivity (Wildman–Crippen MR) is 81.2 cm³/mol. The van der Waals surface area contributed by atoms with Gasteiger partial charge in [0.05, 0.1) is 0 Å². The highest BCUT2D eigenvalue weighted by Crippen LogP contribution is 2.25. The lowest BCUT2D eigenvalue weighted by molar-refractivity contribution is -0.138. The SMILES string of the molecule is Cc1cc(C)c(C)c(OC(C)C(=O)N2CCCCC2)c1. The number of benzene rings is 1. The molecular weight excluding hydrogens is 250 g/mol. The van der Waals surface area contributed by atoms with E-state index in [0.717, 1.165) is 37.2 Å². The van der Waals surface area contributed by atoms with Crippen LogP contribution in [0.1, 0.15) is 42.9 Å². The van der Waals surface area contributed by atoms with Crippen molar-refractivity contribution in [3.63, 3.8) is 0 Å². The summed E-state index contributed by atoms with van der Waals surface area (Å²) >= 11 is 0. The summed E-state index contributed by atoms with van der Waals surface area (Å²) in [6, 6.07) is 4.15. The van der Waals surface area contributed by atoms with Gasteiger partial charge in [0.1, 0.15) is 5.75 Å². The molecule has 0 bridgehead atoms. The summed E-state index contributed by atoms with van der Waals surface area (Å²) in [4.78, 5) is 14.3. The third kappa shape index (κ3) is 3.33. The van der Waals surface area contributed by atoms with Crippen molar-refractivity contribution in [2.75, 3.05) is 13.1 Å². The average Bonchev–Trinajstić information content (AvgIpc) is 2.44. The molecule has 2 rings (SSSR count). The lowest BCUT2D eigenvalue weighted by Gasteiger charge is -2.29. The fraction of sp³-hybridized carbons (Fsp3) is 0.588. The van der Waals surface area contributed by atoms with Crippen molar-refractivity contribution >= 4 is 5.91 Å². The Labute approximate surface area is 121 Å². The summed E-state index contributed by atoms with van der Waals surface area (Å²) in [5.41, 5.74) is 3.49. The molecule has 1 fully saturated rings. The molecule has 0 saturated carbocycles. The first-order valence-electron chi connectivity index (χ1n) is 7.52. The van der Waals surface area contributed by atoms with Crippen molar-refractivity contribution in [2.24, 2.45) is 0 Å². The molecule has 1 saturated heterocycles. The number of piperidine rings is 1. The average molecular weight is 275 g/mol. The van der Waals surface area contributed by atoms with Crippen LogP contribution in [0.5, 0.6) is 5.75 Å². The Bertz CT molecular complexity index is 490. The van der Waals surface area contributed by atoms with Gasteiger partial charge in [-0.2, -0.15) is 0 Å². The Kier molecular flexibility index (Phi) is 4.69. The van der Waals surface area contributed by atoms with Crippen LogP contribution in [0.3, 0.4) is 0 Å². The number of rotatable bonds is 3. The number of hydrogen-bond acceptors (Lipinski definition) is 2. The van der Waals surface area contributed by atoms with E-state index in [1.54, 1.807) is 0 Å². The molecule has 0 radical (unpaired) electrons. The molecule has 110 valence electrons. The Morgan fingerprint density at radius 3 is 2.45 bits per heavy atom. The second-order valence-corrected chi connectivity index (χ2v) is 5.85. The number of likely N-dealkylation sites (tertiary alicyclic amines) is 1. The molecule has 1 unspecified atom stereocenters. The van der Waals surface area contributed by atoms with Gasteiger partial charge < -0.3 is 9.64 Å². The van der Waals surface area contributed by atoms with Gasteiger partial charge >= 0.3 is 0 Å². The van der Waals surface area contributed by atoms with E-state index in [2.05, 4.69) is 19.9 Å². The smallest absolute Gasteiger partial charge is 0.263 e. The highest BCUT2D eigenvalue weighted by molar-refractivity contribution is 5.81. The van der Waals surface area contributed by atoms with Crippen molar-refractivity contribution in [3.05, 3.63) is 28.8 Å². The molecule has 0 aromatic heterocycles. The van der Waals surface area contributed by atoms with Crippen molar-refractivity contribution in [3.8, 4) is 5.75 Å². The zero-order chi connectivity index (χ0) is 14.7. The second-order valence-electron chi connectivity index (χ2n) is 5.85. The Balaban J connectivity index is 2.07. The van der Waals surface area contributed by atoms with E-state index in [1.807, 2.05) is 24.8 Å². The molecule has 3 nitrogen and oxygen atoms in total. The van der Waals surface area contributed by atoms with Crippen molar-refractivity contribution in [2.45, 2.75) is 53.1 Å². The van der Waals surface area contributed by atoms with E-state index in [9.17, 15) is 4.79 Å². The Morgan fingerprint density at radius 1 is 1.15 bits per heavy atom. The standard InChI is InChI=1S/C17H25NO2/c1-12-10-13(2)14(3)16(11-12)20-15(4)17(19)18-8-6-5-7-9-18/h10-11,15H,5-9H2,1-4H3. The van der Waals surface area contributed by atoms with Gasteiger partial charge in [0, 0.05) is 13.1 Å². The van der Waals surface area contributed by atoms with Crippen LogP contribution in [0.15, 0.2) is 12.1 Å². The highest BCUT2D eigenvalue weighted by Gasteiger charge is 2.24. The van der Waals surface area contributed by atoms with Gasteiger partial charge in [-0.25, -0.2) is 0 Å². The molecule has 1 aromatic carbocycles. The van der Waals surface area contributed by atoms with E-state index in [1.165, 1.54) is 17.5 Å². The van der Waals surface area contributed by atoms with Gasteiger partial charge in [-0.05, 0) is 69.7 Å². The lowest BCUT2D eigenvalue weighted by atomic mass is 10.1. The van der Waals surface area contributed by atoms with E-state index >= 15 is 0 Å². The van der Waals surface area contributed by atoms with Gasteiger partial charge in [-0.1, -0.05) is 6.07 Å². The number of aryl methyl sites for hydroxylation is 2. The summed E-state index contributed by atoms with van der Waals surface area (Å²) < 4.78 is 5.93. The number of nitrogens with zero attached hydrogens (tertiary/aromatic N) is 1. The molecule has 0 spiro atoms. The zero-order valence-electron chi connectivity index (χ0n) is 13.0. The largest absolute Gasteiger partial charge is 0.481 e. The maximum Gasteiger partial charge on any atom is 0.263 e. The zero-order valence-corrected chi connectivity index (χ0v) is 13.0. The normalized spacial score (nSPS) is 16.9. The topological polar surface area (TPSA) is 29.5 Å². The van der Waals surface area contributed by atoms with Gasteiger partial charge in [-0.3, -0.25) is 4.79 Å². The predicted octanol–water partition coefficient (Wildman–Crippen LogP) is 3.39. The molecule has 0 aliphatic carbocycles. The molecule has 1 heterocycles. The summed E-state index contributed by atoms with van der Waals surface area (Å²) in [7, 11) is 0. The number of ether oxygens (including phenoxy) is 1. The summed E-state index contributed by atoms with van der Waals surface area (Å²) in [6.45, 7) is 9.77. The van der Waals surface area contributed by atoms with Crippen LogP contribution >= 0.6 is 0 Å².